The topological polar surface area (TPSA) is 26.3 Å². The molecule has 0 fully saturated rings. The van der Waals surface area contributed by atoms with Crippen molar-refractivity contribution in [3.8, 4) is 0 Å². The Morgan fingerprint density at radius 3 is 3.11 bits per heavy atom. The van der Waals surface area contributed by atoms with E-state index in [-0.39, 0.29) is 11.9 Å². The van der Waals surface area contributed by atoms with Crippen molar-refractivity contribution >= 4 is 5.78 Å². The maximum absolute atomic E-state index is 10.5. The van der Waals surface area contributed by atoms with Crippen molar-refractivity contribution in [3.05, 3.63) is 12.2 Å². The van der Waals surface area contributed by atoms with Gasteiger partial charge in [-0.3, -0.25) is 4.79 Å². The summed E-state index contributed by atoms with van der Waals surface area (Å²) in [6, 6.07) is 0. The molecule has 0 N–H and O–H groups in total. The van der Waals surface area contributed by atoms with Crippen LogP contribution < -0.4 is 0 Å². The van der Waals surface area contributed by atoms with Crippen LogP contribution in [0.1, 0.15) is 13.3 Å². The summed E-state index contributed by atoms with van der Waals surface area (Å²) in [5.41, 5.74) is 0. The van der Waals surface area contributed by atoms with E-state index in [0.717, 1.165) is 0 Å². The number of hydrogen-bond donors (Lipinski definition) is 0. The van der Waals surface area contributed by atoms with Gasteiger partial charge in [0.05, 0.1) is 12.7 Å². The van der Waals surface area contributed by atoms with Crippen molar-refractivity contribution in [2.45, 2.75) is 19.4 Å². The quantitative estimate of drug-likeness (QED) is 0.514. The van der Waals surface area contributed by atoms with Gasteiger partial charge in [-0.15, -0.1) is 0 Å². The van der Waals surface area contributed by atoms with Gasteiger partial charge >= 0.3 is 0 Å². The SMILES string of the molecule is CC(=O)C[C@@H]1C=CCO1. The van der Waals surface area contributed by atoms with Gasteiger partial charge in [-0.05, 0) is 6.92 Å². The van der Waals surface area contributed by atoms with E-state index in [0.29, 0.717) is 13.0 Å². The van der Waals surface area contributed by atoms with E-state index in [1.807, 2.05) is 12.2 Å². The molecular formula is C7H10O2. The highest BCUT2D eigenvalue weighted by molar-refractivity contribution is 5.76. The van der Waals surface area contributed by atoms with Crippen LogP contribution >= 0.6 is 0 Å². The second-order valence-corrected chi connectivity index (χ2v) is 2.21. The van der Waals surface area contributed by atoms with E-state index in [4.69, 9.17) is 4.74 Å². The Labute approximate surface area is 54.5 Å². The maximum Gasteiger partial charge on any atom is 0.132 e. The molecule has 2 nitrogen and oxygen atoms in total. The number of ketones is 1. The molecule has 0 spiro atoms. The third-order valence-corrected chi connectivity index (χ3v) is 1.25. The number of hydrogen-bond acceptors (Lipinski definition) is 2. The van der Waals surface area contributed by atoms with Crippen LogP contribution in [0, 0.1) is 0 Å². The van der Waals surface area contributed by atoms with Crippen molar-refractivity contribution in [2.75, 3.05) is 6.61 Å². The monoisotopic (exact) mass is 126 g/mol. The molecule has 1 atom stereocenters. The van der Waals surface area contributed by atoms with Gasteiger partial charge in [-0.25, -0.2) is 0 Å². The van der Waals surface area contributed by atoms with Gasteiger partial charge in [-0.1, -0.05) is 12.2 Å². The molecule has 0 saturated heterocycles. The van der Waals surface area contributed by atoms with E-state index < -0.39 is 0 Å². The number of ether oxygens (including phenoxy) is 1. The van der Waals surface area contributed by atoms with Crippen LogP contribution in [0.2, 0.25) is 0 Å². The van der Waals surface area contributed by atoms with Crippen molar-refractivity contribution in [2.24, 2.45) is 0 Å². The molecule has 0 radical (unpaired) electrons. The molecule has 1 rings (SSSR count). The van der Waals surface area contributed by atoms with E-state index in [1.165, 1.54) is 0 Å². The average Bonchev–Trinajstić information content (AvgIpc) is 2.15. The maximum atomic E-state index is 10.5. The molecule has 0 aromatic heterocycles. The fraction of sp³-hybridized carbons (Fsp3) is 0.571. The highest BCUT2D eigenvalue weighted by Gasteiger charge is 2.10. The largest absolute Gasteiger partial charge is 0.370 e. The molecule has 1 aliphatic rings. The lowest BCUT2D eigenvalue weighted by molar-refractivity contribution is -0.118. The Bertz CT molecular complexity index is 138. The molecule has 2 heteroatoms. The zero-order valence-electron chi connectivity index (χ0n) is 5.46. The summed E-state index contributed by atoms with van der Waals surface area (Å²) in [7, 11) is 0. The average molecular weight is 126 g/mol. The molecule has 0 aromatic rings. The Morgan fingerprint density at radius 1 is 1.89 bits per heavy atom. The molecule has 0 unspecified atom stereocenters. The van der Waals surface area contributed by atoms with Crippen LogP contribution in [0.15, 0.2) is 12.2 Å². The second-order valence-electron chi connectivity index (χ2n) is 2.21. The number of carbonyl (C=O) groups excluding carboxylic acids is 1. The predicted octanol–water partition coefficient (Wildman–Crippen LogP) is 0.920. The Hall–Kier alpha value is -0.630. The Kier molecular flexibility index (Phi) is 2.01. The third kappa shape index (κ3) is 1.98. The van der Waals surface area contributed by atoms with Crippen molar-refractivity contribution in [1.29, 1.82) is 0 Å². The molecule has 50 valence electrons. The summed E-state index contributed by atoms with van der Waals surface area (Å²) in [6.45, 7) is 2.24. The molecule has 0 amide bonds. The summed E-state index contributed by atoms with van der Waals surface area (Å²) in [5.74, 6) is 0.187. The fourth-order valence-electron chi connectivity index (χ4n) is 0.852. The second kappa shape index (κ2) is 2.78. The van der Waals surface area contributed by atoms with Crippen LogP contribution in [0.3, 0.4) is 0 Å². The Morgan fingerprint density at radius 2 is 2.67 bits per heavy atom. The van der Waals surface area contributed by atoms with Gasteiger partial charge in [0, 0.05) is 6.42 Å². The first-order valence-corrected chi connectivity index (χ1v) is 3.07. The lowest BCUT2D eigenvalue weighted by Gasteiger charge is -2.02. The fourth-order valence-corrected chi connectivity index (χ4v) is 0.852. The minimum atomic E-state index is 0.0579. The van der Waals surface area contributed by atoms with Crippen LogP contribution in [0.25, 0.3) is 0 Å². The van der Waals surface area contributed by atoms with E-state index in [9.17, 15) is 4.79 Å². The number of carbonyl (C=O) groups is 1. The van der Waals surface area contributed by atoms with Crippen LogP contribution in [0.5, 0.6) is 0 Å². The number of rotatable bonds is 2. The summed E-state index contributed by atoms with van der Waals surface area (Å²) in [4.78, 5) is 10.5. The van der Waals surface area contributed by atoms with Gasteiger partial charge < -0.3 is 4.74 Å². The van der Waals surface area contributed by atoms with Gasteiger partial charge in [0.15, 0.2) is 0 Å². The highest BCUT2D eigenvalue weighted by Crippen LogP contribution is 2.06. The standard InChI is InChI=1S/C7H10O2/c1-6(8)5-7-3-2-4-9-7/h2-3,7H,4-5H2,1H3/t7-/m0/s1. The van der Waals surface area contributed by atoms with E-state index >= 15 is 0 Å². The van der Waals surface area contributed by atoms with Gasteiger partial charge in [0.25, 0.3) is 0 Å². The van der Waals surface area contributed by atoms with Crippen LogP contribution in [-0.4, -0.2) is 18.5 Å². The van der Waals surface area contributed by atoms with Gasteiger partial charge in [0.2, 0.25) is 0 Å². The zero-order valence-corrected chi connectivity index (χ0v) is 5.46. The summed E-state index contributed by atoms with van der Waals surface area (Å²) >= 11 is 0. The molecule has 9 heavy (non-hydrogen) atoms. The van der Waals surface area contributed by atoms with Crippen LogP contribution in [-0.2, 0) is 9.53 Å². The van der Waals surface area contributed by atoms with E-state index in [2.05, 4.69) is 0 Å². The summed E-state index contributed by atoms with van der Waals surface area (Å²) in [5, 5.41) is 0. The molecular weight excluding hydrogens is 116 g/mol. The van der Waals surface area contributed by atoms with E-state index in [1.54, 1.807) is 6.92 Å². The smallest absolute Gasteiger partial charge is 0.132 e. The van der Waals surface area contributed by atoms with Gasteiger partial charge in [0.1, 0.15) is 5.78 Å². The zero-order chi connectivity index (χ0) is 6.69. The summed E-state index contributed by atoms with van der Waals surface area (Å²) in [6.07, 6.45) is 4.45. The minimum Gasteiger partial charge on any atom is -0.370 e. The molecule has 0 saturated carbocycles. The lowest BCUT2D eigenvalue weighted by atomic mass is 10.2. The van der Waals surface area contributed by atoms with Crippen molar-refractivity contribution in [1.82, 2.24) is 0 Å². The van der Waals surface area contributed by atoms with Crippen molar-refractivity contribution in [3.63, 3.8) is 0 Å². The normalized spacial score (nSPS) is 24.8. The first kappa shape index (κ1) is 6.49. The predicted molar refractivity (Wildman–Crippen MR) is 34.2 cm³/mol. The molecule has 0 aromatic carbocycles. The molecule has 1 aliphatic heterocycles. The first-order valence-electron chi connectivity index (χ1n) is 3.07. The number of Topliss-reactive ketones (excluding diaryl/α,β-unsaturated/α-hetero) is 1. The summed E-state index contributed by atoms with van der Waals surface area (Å²) < 4.78 is 5.13. The molecule has 0 bridgehead atoms. The molecule has 0 aliphatic carbocycles. The molecule has 1 heterocycles. The van der Waals surface area contributed by atoms with Crippen molar-refractivity contribution < 1.29 is 9.53 Å². The third-order valence-electron chi connectivity index (χ3n) is 1.25. The lowest BCUT2D eigenvalue weighted by Crippen LogP contribution is -2.08. The minimum absolute atomic E-state index is 0.0579. The first-order chi connectivity index (χ1) is 4.29. The Balaban J connectivity index is 2.28. The van der Waals surface area contributed by atoms with Gasteiger partial charge in [-0.2, -0.15) is 0 Å². The highest BCUT2D eigenvalue weighted by atomic mass is 16.5. The van der Waals surface area contributed by atoms with Crippen LogP contribution in [0.4, 0.5) is 0 Å².